The monoisotopic (exact) mass is 384 g/mol. The number of piperidine rings is 1. The molecule has 0 aromatic heterocycles. The molecule has 0 aliphatic carbocycles. The minimum absolute atomic E-state index is 0. The maximum atomic E-state index is 12.2. The second-order valence-electron chi connectivity index (χ2n) is 6.19. The number of ether oxygens (including phenoxy) is 1. The van der Waals surface area contributed by atoms with Crippen LogP contribution in [-0.4, -0.2) is 49.5 Å². The van der Waals surface area contributed by atoms with Gasteiger partial charge >= 0.3 is 0 Å². The van der Waals surface area contributed by atoms with E-state index in [0.717, 1.165) is 25.9 Å². The number of non-ortho nitro benzene ring substituents is 1. The second-order valence-corrected chi connectivity index (χ2v) is 6.19. The molecule has 10 heteroatoms. The number of halogens is 1. The van der Waals surface area contributed by atoms with Crippen LogP contribution >= 0.6 is 12.4 Å². The van der Waals surface area contributed by atoms with Gasteiger partial charge in [-0.2, -0.15) is 0 Å². The molecule has 0 radical (unpaired) electrons. The Bertz CT molecular complexity index is 693. The van der Waals surface area contributed by atoms with Gasteiger partial charge in [0, 0.05) is 18.7 Å². The van der Waals surface area contributed by atoms with Crippen molar-refractivity contribution in [2.45, 2.75) is 12.8 Å². The summed E-state index contributed by atoms with van der Waals surface area (Å²) in [4.78, 5) is 36.0. The minimum atomic E-state index is -0.548. The fourth-order valence-corrected chi connectivity index (χ4v) is 3.03. The van der Waals surface area contributed by atoms with E-state index in [1.54, 1.807) is 0 Å². The molecule has 1 fully saturated rings. The van der Waals surface area contributed by atoms with Crippen LogP contribution in [0.3, 0.4) is 0 Å². The predicted molar refractivity (Wildman–Crippen MR) is 96.8 cm³/mol. The first kappa shape index (κ1) is 19.9. The average Bonchev–Trinajstić information content (AvgIpc) is 2.63. The highest BCUT2D eigenvalue weighted by Gasteiger charge is 2.29. The summed E-state index contributed by atoms with van der Waals surface area (Å²) in [5, 5.41) is 17.1. The predicted octanol–water partition coefficient (Wildman–Crippen LogP) is 0.858. The fraction of sp³-hybridized carbons (Fsp3) is 0.500. The summed E-state index contributed by atoms with van der Waals surface area (Å²) in [5.41, 5.74) is 0.0932. The van der Waals surface area contributed by atoms with E-state index in [0.29, 0.717) is 18.2 Å². The van der Waals surface area contributed by atoms with E-state index >= 15 is 0 Å². The molecule has 1 unspecified atom stereocenters. The third-order valence-corrected chi connectivity index (χ3v) is 4.38. The van der Waals surface area contributed by atoms with Crippen LogP contribution < -0.4 is 20.3 Å². The van der Waals surface area contributed by atoms with Crippen LogP contribution in [0.1, 0.15) is 12.8 Å². The number of nitrogens with one attached hydrogen (secondary N) is 2. The van der Waals surface area contributed by atoms with Crippen molar-refractivity contribution in [3.05, 3.63) is 28.3 Å². The van der Waals surface area contributed by atoms with E-state index in [9.17, 15) is 19.7 Å². The highest BCUT2D eigenvalue weighted by molar-refractivity contribution is 6.02. The van der Waals surface area contributed by atoms with Crippen LogP contribution in [0.25, 0.3) is 0 Å². The lowest BCUT2D eigenvalue weighted by Crippen LogP contribution is -2.46. The van der Waals surface area contributed by atoms with Crippen LogP contribution in [0.15, 0.2) is 18.2 Å². The Kier molecular flexibility index (Phi) is 6.76. The first-order valence-corrected chi connectivity index (χ1v) is 8.23. The molecule has 1 aromatic carbocycles. The van der Waals surface area contributed by atoms with Gasteiger partial charge in [0.1, 0.15) is 12.3 Å². The van der Waals surface area contributed by atoms with Crippen LogP contribution in [0.4, 0.5) is 11.4 Å². The lowest BCUT2D eigenvalue weighted by atomic mass is 10.00. The van der Waals surface area contributed by atoms with Crippen LogP contribution in [0.5, 0.6) is 5.75 Å². The lowest BCUT2D eigenvalue weighted by molar-refractivity contribution is -0.384. The molecule has 1 aromatic rings. The standard InChI is InChI=1S/C16H20N4O5.ClH/c21-15(18-8-11-2-1-5-17-7-11)9-19-13-6-12(20(23)24)3-4-14(13)25-10-16(19)22;/h3-4,6,11,17H,1-2,5,7-10H2,(H,18,21);1H. The van der Waals surface area contributed by atoms with Gasteiger partial charge in [-0.05, 0) is 37.9 Å². The molecule has 26 heavy (non-hydrogen) atoms. The van der Waals surface area contributed by atoms with Gasteiger partial charge in [0.25, 0.3) is 11.6 Å². The first-order chi connectivity index (χ1) is 12.0. The van der Waals surface area contributed by atoms with Gasteiger partial charge in [-0.1, -0.05) is 0 Å². The smallest absolute Gasteiger partial charge is 0.271 e. The number of nitrogens with zero attached hydrogens (tertiary/aromatic N) is 2. The summed E-state index contributed by atoms with van der Waals surface area (Å²) in [6.07, 6.45) is 2.14. The van der Waals surface area contributed by atoms with Crippen molar-refractivity contribution in [2.24, 2.45) is 5.92 Å². The van der Waals surface area contributed by atoms with Crippen LogP contribution in [-0.2, 0) is 9.59 Å². The third kappa shape index (κ3) is 4.61. The zero-order valence-corrected chi connectivity index (χ0v) is 14.9. The van der Waals surface area contributed by atoms with Crippen molar-refractivity contribution < 1.29 is 19.2 Å². The van der Waals surface area contributed by atoms with Crippen LogP contribution in [0, 0.1) is 16.0 Å². The number of carbonyl (C=O) groups excluding carboxylic acids is 2. The molecule has 1 atom stereocenters. The molecule has 0 bridgehead atoms. The Morgan fingerprint density at radius 3 is 2.96 bits per heavy atom. The molecule has 2 aliphatic heterocycles. The summed E-state index contributed by atoms with van der Waals surface area (Å²) in [7, 11) is 0. The highest BCUT2D eigenvalue weighted by atomic mass is 35.5. The molecule has 0 saturated carbocycles. The number of fused-ring (bicyclic) bond motifs is 1. The molecule has 2 N–H and O–H groups in total. The molecule has 2 aliphatic rings. The molecule has 142 valence electrons. The average molecular weight is 385 g/mol. The second kappa shape index (κ2) is 8.81. The van der Waals surface area contributed by atoms with Gasteiger partial charge in [0.05, 0.1) is 10.6 Å². The number of hydrogen-bond donors (Lipinski definition) is 2. The van der Waals surface area contributed by atoms with Gasteiger partial charge in [-0.25, -0.2) is 0 Å². The maximum absolute atomic E-state index is 12.2. The molecule has 9 nitrogen and oxygen atoms in total. The zero-order chi connectivity index (χ0) is 17.8. The van der Waals surface area contributed by atoms with E-state index in [1.165, 1.54) is 23.1 Å². The van der Waals surface area contributed by atoms with E-state index in [4.69, 9.17) is 4.74 Å². The topological polar surface area (TPSA) is 114 Å². The molecule has 1 saturated heterocycles. The normalized spacial score (nSPS) is 19.0. The molecular formula is C16H21ClN4O5. The van der Waals surface area contributed by atoms with E-state index < -0.39 is 10.8 Å². The van der Waals surface area contributed by atoms with Crippen molar-refractivity contribution in [1.82, 2.24) is 10.6 Å². The Labute approximate surface area is 156 Å². The lowest BCUT2D eigenvalue weighted by Gasteiger charge is -2.29. The highest BCUT2D eigenvalue weighted by Crippen LogP contribution is 2.35. The van der Waals surface area contributed by atoms with Gasteiger partial charge in [-0.15, -0.1) is 12.4 Å². The Balaban J connectivity index is 0.00000243. The van der Waals surface area contributed by atoms with E-state index in [1.807, 2.05) is 0 Å². The zero-order valence-electron chi connectivity index (χ0n) is 14.1. The Hall–Kier alpha value is -2.39. The maximum Gasteiger partial charge on any atom is 0.271 e. The number of nitro benzene ring substituents is 1. The molecular weight excluding hydrogens is 364 g/mol. The first-order valence-electron chi connectivity index (χ1n) is 8.23. The summed E-state index contributed by atoms with van der Waals surface area (Å²) in [6, 6.07) is 4.01. The number of rotatable bonds is 5. The Morgan fingerprint density at radius 2 is 2.27 bits per heavy atom. The van der Waals surface area contributed by atoms with Gasteiger partial charge in [0.15, 0.2) is 6.61 Å². The number of benzene rings is 1. The van der Waals surface area contributed by atoms with Crippen molar-refractivity contribution in [3.63, 3.8) is 0 Å². The van der Waals surface area contributed by atoms with Crippen LogP contribution in [0.2, 0.25) is 0 Å². The Morgan fingerprint density at radius 1 is 1.46 bits per heavy atom. The van der Waals surface area contributed by atoms with Gasteiger partial charge in [0.2, 0.25) is 5.91 Å². The largest absolute Gasteiger partial charge is 0.482 e. The van der Waals surface area contributed by atoms with Crippen molar-refractivity contribution >= 4 is 35.6 Å². The summed E-state index contributed by atoms with van der Waals surface area (Å²) in [5.74, 6) is 0.0432. The third-order valence-electron chi connectivity index (χ3n) is 4.38. The molecule has 2 heterocycles. The minimum Gasteiger partial charge on any atom is -0.482 e. The van der Waals surface area contributed by atoms with Crippen molar-refractivity contribution in [3.8, 4) is 5.75 Å². The van der Waals surface area contributed by atoms with Crippen molar-refractivity contribution in [1.29, 1.82) is 0 Å². The quantitative estimate of drug-likeness (QED) is 0.575. The molecule has 2 amide bonds. The molecule has 0 spiro atoms. The fourth-order valence-electron chi connectivity index (χ4n) is 3.03. The number of hydrogen-bond acceptors (Lipinski definition) is 6. The number of carbonyl (C=O) groups is 2. The van der Waals surface area contributed by atoms with Crippen molar-refractivity contribution in [2.75, 3.05) is 37.7 Å². The van der Waals surface area contributed by atoms with Gasteiger partial charge in [-0.3, -0.25) is 24.6 Å². The SMILES string of the molecule is Cl.O=C(CN1C(=O)COc2ccc([N+](=O)[O-])cc21)NCC1CCCNC1. The molecule has 3 rings (SSSR count). The number of amides is 2. The summed E-state index contributed by atoms with van der Waals surface area (Å²) in [6.45, 7) is 2.04. The van der Waals surface area contributed by atoms with Gasteiger partial charge < -0.3 is 15.4 Å². The van der Waals surface area contributed by atoms with E-state index in [2.05, 4.69) is 10.6 Å². The summed E-state index contributed by atoms with van der Waals surface area (Å²) >= 11 is 0. The summed E-state index contributed by atoms with van der Waals surface area (Å²) < 4.78 is 5.28. The van der Waals surface area contributed by atoms with E-state index in [-0.39, 0.29) is 42.8 Å². The number of anilines is 1. The number of nitro groups is 1.